The van der Waals surface area contributed by atoms with Crippen molar-refractivity contribution in [2.75, 3.05) is 0 Å². The molecule has 0 atom stereocenters. The molecule has 0 saturated carbocycles. The Morgan fingerprint density at radius 2 is 2.11 bits per heavy atom. The van der Waals surface area contributed by atoms with Crippen molar-refractivity contribution in [3.8, 4) is 26.8 Å². The van der Waals surface area contributed by atoms with Crippen molar-refractivity contribution in [3.05, 3.63) is 65.1 Å². The molecule has 0 N–H and O–H groups in total. The molecule has 0 bridgehead atoms. The number of rotatable bonds is 6. The zero-order chi connectivity index (χ0) is 19.4. The molecule has 0 fully saturated rings. The second kappa shape index (κ2) is 8.15. The number of thiazole rings is 1. The molecule has 1 aromatic heterocycles. The Labute approximate surface area is 163 Å². The number of hydrogen-bond donors (Lipinski definition) is 0. The van der Waals surface area contributed by atoms with Crippen LogP contribution in [0.4, 0.5) is 5.69 Å². The van der Waals surface area contributed by atoms with E-state index in [1.807, 2.05) is 63.4 Å². The van der Waals surface area contributed by atoms with Crippen LogP contribution in [-0.4, -0.2) is 17.4 Å². The Kier molecular flexibility index (Phi) is 5.68. The van der Waals surface area contributed by atoms with E-state index in [2.05, 4.69) is 9.83 Å². The first-order chi connectivity index (χ1) is 13.1. The molecule has 0 amide bonds. The van der Waals surface area contributed by atoms with E-state index in [0.717, 1.165) is 44.8 Å². The normalized spacial score (nSPS) is 10.6. The van der Waals surface area contributed by atoms with Gasteiger partial charge in [-0.25, -0.2) is 9.83 Å². The number of aromatic nitrogens is 1. The highest BCUT2D eigenvalue weighted by Crippen LogP contribution is 2.38. The number of nitrogens with zero attached hydrogens (tertiary/aromatic N) is 2. The van der Waals surface area contributed by atoms with Gasteiger partial charge in [0.2, 0.25) is 5.69 Å². The highest BCUT2D eigenvalue weighted by Gasteiger charge is 2.14. The van der Waals surface area contributed by atoms with Crippen molar-refractivity contribution in [1.29, 1.82) is 0 Å². The molecule has 0 aliphatic heterocycles. The molecular weight excluding hydrogens is 356 g/mol. The number of benzene rings is 2. The van der Waals surface area contributed by atoms with Crippen molar-refractivity contribution >= 4 is 23.3 Å². The number of ether oxygens (including phenoxy) is 1. The van der Waals surface area contributed by atoms with Gasteiger partial charge in [0.05, 0.1) is 17.6 Å². The molecule has 3 rings (SSSR count). The summed E-state index contributed by atoms with van der Waals surface area (Å²) in [6.07, 6.45) is 3.53. The van der Waals surface area contributed by atoms with Crippen molar-refractivity contribution in [2.45, 2.75) is 33.3 Å². The maximum atomic E-state index is 11.3. The van der Waals surface area contributed by atoms with Crippen LogP contribution in [0.5, 0.6) is 5.75 Å². The van der Waals surface area contributed by atoms with E-state index in [4.69, 9.17) is 11.3 Å². The summed E-state index contributed by atoms with van der Waals surface area (Å²) in [4.78, 5) is 20.5. The fraction of sp³-hybridized carbons (Fsp3) is 0.227. The first-order valence-electron chi connectivity index (χ1n) is 8.79. The average molecular weight is 376 g/mol. The van der Waals surface area contributed by atoms with Crippen LogP contribution in [0.3, 0.4) is 0 Å². The first kappa shape index (κ1) is 18.8. The molecule has 5 heteroatoms. The highest BCUT2D eigenvalue weighted by atomic mass is 32.1. The van der Waals surface area contributed by atoms with Crippen molar-refractivity contribution in [3.63, 3.8) is 0 Å². The smallest absolute Gasteiger partial charge is 0.228 e. The standard InChI is InChI=1S/C22H20N2O2S/c1-5-17-16(13-25)7-6-8-18(17)21-12-24-22(27-21)15-9-10-20(26-14(2)3)19(11-15)23-4/h6-14H,5H2,1-3H3. The minimum absolute atomic E-state index is 0.0142. The zero-order valence-electron chi connectivity index (χ0n) is 15.5. The van der Waals surface area contributed by atoms with E-state index in [-0.39, 0.29) is 6.10 Å². The van der Waals surface area contributed by atoms with E-state index in [9.17, 15) is 4.79 Å². The van der Waals surface area contributed by atoms with Gasteiger partial charge in [0.1, 0.15) is 17.0 Å². The van der Waals surface area contributed by atoms with Crippen LogP contribution in [0, 0.1) is 6.57 Å². The average Bonchev–Trinajstić information content (AvgIpc) is 3.17. The van der Waals surface area contributed by atoms with Crippen LogP contribution >= 0.6 is 11.3 Å². The van der Waals surface area contributed by atoms with Crippen LogP contribution < -0.4 is 4.74 Å². The molecule has 1 heterocycles. The lowest BCUT2D eigenvalue weighted by atomic mass is 9.99. The summed E-state index contributed by atoms with van der Waals surface area (Å²) >= 11 is 1.56. The van der Waals surface area contributed by atoms with Gasteiger partial charge in [0, 0.05) is 17.3 Å². The van der Waals surface area contributed by atoms with E-state index in [1.165, 1.54) is 0 Å². The number of hydrogen-bond acceptors (Lipinski definition) is 4. The summed E-state index contributed by atoms with van der Waals surface area (Å²) < 4.78 is 5.69. The maximum absolute atomic E-state index is 11.3. The predicted molar refractivity (Wildman–Crippen MR) is 110 cm³/mol. The molecule has 0 radical (unpaired) electrons. The van der Waals surface area contributed by atoms with Gasteiger partial charge in [-0.15, -0.1) is 11.3 Å². The van der Waals surface area contributed by atoms with Crippen molar-refractivity contribution < 1.29 is 9.53 Å². The summed E-state index contributed by atoms with van der Waals surface area (Å²) in [7, 11) is 0. The lowest BCUT2D eigenvalue weighted by Gasteiger charge is -2.12. The Balaban J connectivity index is 2.00. The minimum atomic E-state index is 0.0142. The molecule has 0 aliphatic rings. The quantitative estimate of drug-likeness (QED) is 0.380. The van der Waals surface area contributed by atoms with Crippen LogP contribution in [0.25, 0.3) is 25.9 Å². The highest BCUT2D eigenvalue weighted by molar-refractivity contribution is 7.18. The molecule has 0 spiro atoms. The SMILES string of the molecule is [C-]#[N+]c1cc(-c2ncc(-c3cccc(C=O)c3CC)s2)ccc1OC(C)C. The van der Waals surface area contributed by atoms with Crippen LogP contribution in [0.1, 0.15) is 36.7 Å². The predicted octanol–water partition coefficient (Wildman–Crippen LogP) is 6.19. The Bertz CT molecular complexity index is 1020. The Morgan fingerprint density at radius 1 is 1.30 bits per heavy atom. The Hall–Kier alpha value is -2.97. The second-order valence-corrected chi connectivity index (χ2v) is 7.37. The maximum Gasteiger partial charge on any atom is 0.228 e. The summed E-state index contributed by atoms with van der Waals surface area (Å²) in [6.45, 7) is 13.3. The van der Waals surface area contributed by atoms with Gasteiger partial charge in [-0.2, -0.15) is 0 Å². The lowest BCUT2D eigenvalue weighted by Crippen LogP contribution is -2.05. The van der Waals surface area contributed by atoms with Gasteiger partial charge < -0.3 is 4.74 Å². The molecule has 27 heavy (non-hydrogen) atoms. The van der Waals surface area contributed by atoms with Gasteiger partial charge >= 0.3 is 0 Å². The summed E-state index contributed by atoms with van der Waals surface area (Å²) in [5.41, 5.74) is 4.16. The molecule has 0 saturated heterocycles. The van der Waals surface area contributed by atoms with Crippen LogP contribution in [0.15, 0.2) is 42.6 Å². The third-order valence-electron chi connectivity index (χ3n) is 4.15. The third-order valence-corrected chi connectivity index (χ3v) is 5.23. The van der Waals surface area contributed by atoms with E-state index in [0.29, 0.717) is 11.4 Å². The first-order valence-corrected chi connectivity index (χ1v) is 9.60. The van der Waals surface area contributed by atoms with Crippen LogP contribution in [-0.2, 0) is 6.42 Å². The summed E-state index contributed by atoms with van der Waals surface area (Å²) in [5, 5.41) is 0.838. The van der Waals surface area contributed by atoms with E-state index >= 15 is 0 Å². The lowest BCUT2D eigenvalue weighted by molar-refractivity contribution is 0.112. The van der Waals surface area contributed by atoms with Crippen molar-refractivity contribution in [2.24, 2.45) is 0 Å². The summed E-state index contributed by atoms with van der Waals surface area (Å²) in [5.74, 6) is 0.590. The molecular formula is C22H20N2O2S. The van der Waals surface area contributed by atoms with Gasteiger partial charge in [0.15, 0.2) is 0 Å². The fourth-order valence-electron chi connectivity index (χ4n) is 2.96. The molecule has 3 aromatic rings. The second-order valence-electron chi connectivity index (χ2n) is 6.34. The van der Waals surface area contributed by atoms with Gasteiger partial charge in [0.25, 0.3) is 0 Å². The largest absolute Gasteiger partial charge is 0.502 e. The number of carbonyl (C=O) groups excluding carboxylic acids is 1. The number of carbonyl (C=O) groups is 1. The Morgan fingerprint density at radius 3 is 2.78 bits per heavy atom. The van der Waals surface area contributed by atoms with Crippen LogP contribution in [0.2, 0.25) is 0 Å². The van der Waals surface area contributed by atoms with Gasteiger partial charge in [-0.3, -0.25) is 4.79 Å². The number of aldehydes is 1. The van der Waals surface area contributed by atoms with Gasteiger partial charge in [-0.05, 0) is 43.5 Å². The van der Waals surface area contributed by atoms with E-state index in [1.54, 1.807) is 11.3 Å². The fourth-order valence-corrected chi connectivity index (χ4v) is 3.93. The molecule has 0 aliphatic carbocycles. The monoisotopic (exact) mass is 376 g/mol. The minimum Gasteiger partial charge on any atom is -0.502 e. The third kappa shape index (κ3) is 3.91. The van der Waals surface area contributed by atoms with Gasteiger partial charge in [-0.1, -0.05) is 31.2 Å². The van der Waals surface area contributed by atoms with E-state index < -0.39 is 0 Å². The molecule has 136 valence electrons. The zero-order valence-corrected chi connectivity index (χ0v) is 16.3. The topological polar surface area (TPSA) is 43.5 Å². The molecule has 4 nitrogen and oxygen atoms in total. The molecule has 2 aromatic carbocycles. The van der Waals surface area contributed by atoms with Crippen molar-refractivity contribution in [1.82, 2.24) is 4.98 Å². The summed E-state index contributed by atoms with van der Waals surface area (Å²) in [6, 6.07) is 11.3. The molecule has 0 unspecified atom stereocenters.